The van der Waals surface area contributed by atoms with E-state index in [0.29, 0.717) is 5.02 Å². The van der Waals surface area contributed by atoms with Crippen LogP contribution in [0.4, 0.5) is 26.5 Å². The number of hydrogen-bond donors (Lipinski definition) is 0. The molecule has 0 saturated carbocycles. The van der Waals surface area contributed by atoms with Gasteiger partial charge < -0.3 is 0 Å². The van der Waals surface area contributed by atoms with Gasteiger partial charge in [0.05, 0.1) is 0 Å². The molecule has 2 nitrogen and oxygen atoms in total. The van der Waals surface area contributed by atoms with Crippen molar-refractivity contribution in [2.45, 2.75) is 0 Å². The molecule has 0 saturated heterocycles. The fourth-order valence-corrected chi connectivity index (χ4v) is 1.52. The Balaban J connectivity index is 0.000000360. The van der Waals surface area contributed by atoms with Crippen LogP contribution in [-0.2, 0) is 0 Å². The van der Waals surface area contributed by atoms with Gasteiger partial charge in [0.15, 0.2) is 4.98 Å². The quantitative estimate of drug-likeness (QED) is 0.288. The Hall–Kier alpha value is -0.352. The van der Waals surface area contributed by atoms with Crippen molar-refractivity contribution in [1.29, 1.82) is 5.39 Å². The summed E-state index contributed by atoms with van der Waals surface area (Å²) >= 11 is 5.75. The van der Waals surface area contributed by atoms with E-state index in [4.69, 9.17) is 40.2 Å². The molecule has 0 aromatic heterocycles. The molecule has 0 aliphatic rings. The molecule has 0 N–H and O–H groups in total. The van der Waals surface area contributed by atoms with E-state index in [-0.39, 0.29) is 15.7 Å². The predicted molar refractivity (Wildman–Crippen MR) is 58.6 cm³/mol. The van der Waals surface area contributed by atoms with Gasteiger partial charge in [0.1, 0.15) is 10.0 Å². The van der Waals surface area contributed by atoms with Gasteiger partial charge in [0.25, 0.3) is 0 Å². The van der Waals surface area contributed by atoms with E-state index in [1.807, 2.05) is 0 Å². The van der Waals surface area contributed by atoms with E-state index in [0.717, 1.165) is 0 Å². The molecular weight excluding hydrogens is 395 g/mol. The largest absolute Gasteiger partial charge is 0.421 e. The summed E-state index contributed by atoms with van der Waals surface area (Å²) in [5.74, 6) is 0. The van der Waals surface area contributed by atoms with Crippen molar-refractivity contribution in [3.05, 3.63) is 32.2 Å². The summed E-state index contributed by atoms with van der Waals surface area (Å²) in [5.41, 5.74) is 0.137. The van der Waals surface area contributed by atoms with Gasteiger partial charge in [-0.05, 0) is 12.1 Å². The van der Waals surface area contributed by atoms with Gasteiger partial charge in [-0.15, -0.1) is 0 Å². The van der Waals surface area contributed by atoms with Crippen LogP contribution in [0.25, 0.3) is 4.98 Å². The normalized spacial score (nSPS) is 14.7. The first kappa shape index (κ1) is 17.6. The van der Waals surface area contributed by atoms with Crippen LogP contribution in [0.3, 0.4) is 0 Å². The minimum absolute atomic E-state index is 0.137. The number of benzene rings is 1. The first-order valence-corrected chi connectivity index (χ1v) is 9.05. The van der Waals surface area contributed by atoms with Gasteiger partial charge >= 0.3 is 40.7 Å². The molecule has 0 aliphatic heterocycles. The maximum Gasteiger partial charge on any atom is 0.421 e. The average Bonchev–Trinajstić information content (AvgIpc) is 1.95. The fraction of sp³-hybridized carbons (Fsp3) is 0. The zero-order chi connectivity index (χ0) is 14.8. The molecule has 0 fully saturated rings. The van der Waals surface area contributed by atoms with E-state index in [1.165, 1.54) is 12.1 Å². The number of diazo groups is 1. The van der Waals surface area contributed by atoms with Crippen molar-refractivity contribution in [1.82, 2.24) is 0 Å². The van der Waals surface area contributed by atoms with Crippen molar-refractivity contribution in [2.24, 2.45) is 0 Å². The maximum absolute atomic E-state index is 11.1. The summed E-state index contributed by atoms with van der Waals surface area (Å²) in [4.78, 5) is 2.89. The van der Waals surface area contributed by atoms with Gasteiger partial charge in [-0.25, -0.2) is 0 Å². The molecular formula is C6H2AsCl3F6N2. The van der Waals surface area contributed by atoms with Crippen molar-refractivity contribution >= 4 is 54.7 Å². The molecule has 1 aromatic carbocycles. The Bertz CT molecular complexity index is 473. The van der Waals surface area contributed by atoms with E-state index in [9.17, 15) is 20.8 Å². The third-order valence-electron chi connectivity index (χ3n) is 1.08. The van der Waals surface area contributed by atoms with Crippen LogP contribution < -0.4 is 0 Å². The van der Waals surface area contributed by atoms with Gasteiger partial charge in [-0.1, -0.05) is 34.8 Å². The van der Waals surface area contributed by atoms with E-state index >= 15 is 0 Å². The van der Waals surface area contributed by atoms with Crippen LogP contribution in [0.1, 0.15) is 0 Å². The molecule has 18 heavy (non-hydrogen) atoms. The first-order valence-electron chi connectivity index (χ1n) is 3.66. The summed E-state index contributed by atoms with van der Waals surface area (Å²) in [5, 5.41) is 9.27. The molecule has 0 spiro atoms. The van der Waals surface area contributed by atoms with Crippen LogP contribution in [0.5, 0.6) is 0 Å². The zero-order valence-corrected chi connectivity index (χ0v) is 12.0. The molecule has 1 rings (SSSR count). The summed E-state index contributed by atoms with van der Waals surface area (Å²) in [6, 6.07) is 2.90. The Labute approximate surface area is 113 Å². The molecule has 1 aromatic rings. The monoisotopic (exact) mass is 396 g/mol. The second-order valence-corrected chi connectivity index (χ2v) is 8.05. The number of hydrogen-bond acceptors (Lipinski definition) is 1. The molecule has 0 unspecified atom stereocenters. The topological polar surface area (TPSA) is 28.1 Å². The van der Waals surface area contributed by atoms with Crippen molar-refractivity contribution in [3.8, 4) is 0 Å². The van der Waals surface area contributed by atoms with Crippen LogP contribution in [0, 0.1) is 5.39 Å². The zero-order valence-electron chi connectivity index (χ0n) is 7.90. The van der Waals surface area contributed by atoms with Crippen molar-refractivity contribution in [3.63, 3.8) is 0 Å². The fourth-order valence-electron chi connectivity index (χ4n) is 0.630. The van der Waals surface area contributed by atoms with Crippen LogP contribution in [0.2, 0.25) is 15.1 Å². The maximum atomic E-state index is 9.91. The predicted octanol–water partition coefficient (Wildman–Crippen LogP) is 6.27. The number of rotatable bonds is 0. The standard InChI is InChI=1S/C6H2Cl3N2.AsF6/c7-3-1-4(8)6(11-10)5(9)2-3;2-1(3,4,5,6)7/h1-2H;/q+1;-1. The van der Waals surface area contributed by atoms with Gasteiger partial charge in [0, 0.05) is 5.02 Å². The summed E-state index contributed by atoms with van der Waals surface area (Å²) < 4.78 is 59.4. The minimum atomic E-state index is -11.1. The molecule has 0 amide bonds. The van der Waals surface area contributed by atoms with Crippen LogP contribution in [-0.4, -0.2) is 14.2 Å². The van der Waals surface area contributed by atoms with Crippen LogP contribution >= 0.6 is 34.8 Å². The summed E-state index contributed by atoms with van der Waals surface area (Å²) in [6.07, 6.45) is 0. The second kappa shape index (κ2) is 4.64. The SMILES string of the molecule is F[As-](F)(F)(F)(F)F.N#[N+]c1c(Cl)cc(Cl)cc1Cl. The Morgan fingerprint density at radius 2 is 1.17 bits per heavy atom. The molecule has 0 atom stereocenters. The van der Waals surface area contributed by atoms with Gasteiger partial charge in [-0.2, -0.15) is 0 Å². The van der Waals surface area contributed by atoms with Crippen molar-refractivity contribution < 1.29 is 20.8 Å². The van der Waals surface area contributed by atoms with E-state index < -0.39 is 14.2 Å². The molecule has 104 valence electrons. The third kappa shape index (κ3) is 10.8. The molecule has 0 radical (unpaired) electrons. The van der Waals surface area contributed by atoms with Crippen LogP contribution in [0.15, 0.2) is 12.1 Å². The smallest absolute Gasteiger partial charge is 0.0842 e. The second-order valence-electron chi connectivity index (χ2n) is 2.78. The minimum Gasteiger partial charge on any atom is -0.0842 e. The average molecular weight is 397 g/mol. The summed E-state index contributed by atoms with van der Waals surface area (Å²) in [6.45, 7) is 0. The first-order chi connectivity index (χ1) is 7.60. The third-order valence-corrected chi connectivity index (χ3v) is 1.88. The number of nitrogens with zero attached hydrogens (tertiary/aromatic N) is 2. The Morgan fingerprint density at radius 3 is 1.39 bits per heavy atom. The van der Waals surface area contributed by atoms with E-state index in [2.05, 4.69) is 4.98 Å². The van der Waals surface area contributed by atoms with E-state index in [1.54, 1.807) is 0 Å². The Morgan fingerprint density at radius 1 is 0.889 bits per heavy atom. The molecule has 12 heteroatoms. The van der Waals surface area contributed by atoms with Gasteiger partial charge in [0.2, 0.25) is 5.39 Å². The summed E-state index contributed by atoms with van der Waals surface area (Å²) in [7, 11) is 0. The molecule has 0 heterocycles. The Kier molecular flexibility index (Phi) is 4.55. The molecule has 0 bridgehead atoms. The molecule has 0 aliphatic carbocycles. The number of halogens is 9. The van der Waals surface area contributed by atoms with Gasteiger partial charge in [-0.3, -0.25) is 0 Å². The van der Waals surface area contributed by atoms with Crippen molar-refractivity contribution in [2.75, 3.05) is 0 Å².